The Bertz CT molecular complexity index is 297. The predicted molar refractivity (Wildman–Crippen MR) is 34.3 cm³/mol. The largest absolute Gasteiger partial charge is 1.00 e. The molecule has 1 aromatic rings. The average Bonchev–Trinajstić information content (AvgIpc) is 1.94. The van der Waals surface area contributed by atoms with E-state index >= 15 is 0 Å². The SMILES string of the molecule is N#Cc1n[c]([Mg+])ccc1F.[Cl-]. The van der Waals surface area contributed by atoms with E-state index in [-0.39, 0.29) is 18.1 Å². The molecule has 0 aliphatic heterocycles. The third-order valence-electron chi connectivity index (χ3n) is 1.01. The fraction of sp³-hybridized carbons (Fsp3) is 0. The van der Waals surface area contributed by atoms with E-state index in [1.165, 1.54) is 33.8 Å². The fourth-order valence-corrected chi connectivity index (χ4v) is 0.837. The molecule has 2 nitrogen and oxygen atoms in total. The van der Waals surface area contributed by atoms with E-state index in [2.05, 4.69) is 4.98 Å². The van der Waals surface area contributed by atoms with Crippen molar-refractivity contribution in [3.8, 4) is 6.07 Å². The molecule has 1 aromatic heterocycles. The Balaban J connectivity index is 0.000001000. The second-order valence-electron chi connectivity index (χ2n) is 1.74. The predicted octanol–water partition coefficient (Wildman–Crippen LogP) is -3.11. The smallest absolute Gasteiger partial charge is 1.00 e. The number of hydrogen-bond donors (Lipinski definition) is 0. The minimum Gasteiger partial charge on any atom is -1.00 e. The van der Waals surface area contributed by atoms with E-state index in [4.69, 9.17) is 5.26 Å². The Morgan fingerprint density at radius 1 is 1.55 bits per heavy atom. The van der Waals surface area contributed by atoms with E-state index in [9.17, 15) is 4.39 Å². The van der Waals surface area contributed by atoms with Gasteiger partial charge in [-0.2, -0.15) is 0 Å². The first-order chi connectivity index (χ1) is 4.74. The van der Waals surface area contributed by atoms with Gasteiger partial charge in [-0.1, -0.05) is 0 Å². The van der Waals surface area contributed by atoms with Crippen molar-refractivity contribution in [2.45, 2.75) is 0 Å². The van der Waals surface area contributed by atoms with Crippen LogP contribution >= 0.6 is 0 Å². The molecule has 11 heavy (non-hydrogen) atoms. The summed E-state index contributed by atoms with van der Waals surface area (Å²) >= 11 is 1.52. The van der Waals surface area contributed by atoms with Gasteiger partial charge in [-0.05, 0) is 0 Å². The van der Waals surface area contributed by atoms with Crippen LogP contribution in [0.1, 0.15) is 5.69 Å². The Morgan fingerprint density at radius 2 is 2.18 bits per heavy atom. The summed E-state index contributed by atoms with van der Waals surface area (Å²) in [4.78, 5) is 3.67. The maximum absolute atomic E-state index is 12.5. The summed E-state index contributed by atoms with van der Waals surface area (Å²) in [5, 5.41) is 8.29. The van der Waals surface area contributed by atoms with Gasteiger partial charge in [0.2, 0.25) is 0 Å². The Kier molecular flexibility index (Phi) is 4.34. The molecular weight excluding hydrogens is 179 g/mol. The van der Waals surface area contributed by atoms with Crippen LogP contribution in [0.5, 0.6) is 0 Å². The molecule has 0 atom stereocenters. The first kappa shape index (κ1) is 10.6. The molecule has 5 heteroatoms. The monoisotopic (exact) mass is 180 g/mol. The number of aromatic nitrogens is 1. The minimum absolute atomic E-state index is 0. The van der Waals surface area contributed by atoms with Gasteiger partial charge in [0.1, 0.15) is 0 Å². The van der Waals surface area contributed by atoms with Crippen LogP contribution in [-0.2, 0) is 0 Å². The summed E-state index contributed by atoms with van der Waals surface area (Å²) < 4.78 is 13.2. The Hall–Kier alpha value is -0.374. The summed E-state index contributed by atoms with van der Waals surface area (Å²) in [6.45, 7) is 0. The first-order valence-corrected chi connectivity index (χ1v) is 3.33. The van der Waals surface area contributed by atoms with Crippen molar-refractivity contribution < 1.29 is 16.8 Å². The summed E-state index contributed by atoms with van der Waals surface area (Å²) in [7, 11) is 0. The van der Waals surface area contributed by atoms with Gasteiger partial charge in [0, 0.05) is 0 Å². The molecule has 0 fully saturated rings. The number of rotatable bonds is 0. The fourth-order valence-electron chi connectivity index (χ4n) is 0.561. The number of halogens is 2. The zero-order chi connectivity index (χ0) is 7.56. The quantitative estimate of drug-likeness (QED) is 0.397. The molecule has 0 radical (unpaired) electrons. The van der Waals surface area contributed by atoms with Gasteiger partial charge in [0.15, 0.2) is 0 Å². The maximum Gasteiger partial charge on any atom is -1.00 e. The molecule has 1 rings (SSSR count). The van der Waals surface area contributed by atoms with Crippen molar-refractivity contribution in [2.75, 3.05) is 0 Å². The Labute approximate surface area is 82.3 Å². The second kappa shape index (κ2) is 4.49. The van der Waals surface area contributed by atoms with Gasteiger partial charge in [-0.25, -0.2) is 0 Å². The zero-order valence-corrected chi connectivity index (χ0v) is 7.68. The van der Waals surface area contributed by atoms with Gasteiger partial charge in [0.05, 0.1) is 0 Å². The zero-order valence-electron chi connectivity index (χ0n) is 5.51. The van der Waals surface area contributed by atoms with Crippen molar-refractivity contribution in [1.29, 1.82) is 5.26 Å². The van der Waals surface area contributed by atoms with Crippen LogP contribution in [0.3, 0.4) is 0 Å². The number of hydrogen-bond acceptors (Lipinski definition) is 2. The van der Waals surface area contributed by atoms with Crippen LogP contribution in [0.25, 0.3) is 0 Å². The van der Waals surface area contributed by atoms with Crippen molar-refractivity contribution in [3.63, 3.8) is 0 Å². The van der Waals surface area contributed by atoms with Crippen LogP contribution < -0.4 is 16.2 Å². The summed E-state index contributed by atoms with van der Waals surface area (Å²) in [6.07, 6.45) is 0. The van der Waals surface area contributed by atoms with Crippen molar-refractivity contribution >= 4 is 25.5 Å². The van der Waals surface area contributed by atoms with Crippen LogP contribution in [0.2, 0.25) is 0 Å². The summed E-state index contributed by atoms with van der Waals surface area (Å²) in [5.74, 6) is -0.557. The summed E-state index contributed by atoms with van der Waals surface area (Å²) in [6, 6.07) is 4.43. The van der Waals surface area contributed by atoms with E-state index in [0.717, 1.165) is 0 Å². The average molecular weight is 181 g/mol. The maximum atomic E-state index is 12.5. The summed E-state index contributed by atoms with van der Waals surface area (Å²) in [5.41, 5.74) is -0.132. The van der Waals surface area contributed by atoms with E-state index in [1.807, 2.05) is 0 Å². The van der Waals surface area contributed by atoms with Crippen LogP contribution in [0.15, 0.2) is 12.1 Å². The molecule has 0 unspecified atom stereocenters. The molecule has 0 bridgehead atoms. The normalized spacial score (nSPS) is 8.18. The van der Waals surface area contributed by atoms with Crippen molar-refractivity contribution in [2.24, 2.45) is 0 Å². The number of nitrogens with zero attached hydrogens (tertiary/aromatic N) is 2. The molecule has 0 aliphatic rings. The Morgan fingerprint density at radius 3 is 2.64 bits per heavy atom. The minimum atomic E-state index is -0.557. The number of nitriles is 1. The number of pyridine rings is 1. The van der Waals surface area contributed by atoms with Crippen molar-refractivity contribution in [1.82, 2.24) is 4.98 Å². The van der Waals surface area contributed by atoms with Crippen LogP contribution in [-0.4, -0.2) is 26.7 Å². The van der Waals surface area contributed by atoms with Gasteiger partial charge in [-0.3, -0.25) is 0 Å². The molecule has 0 aromatic carbocycles. The van der Waals surface area contributed by atoms with Gasteiger partial charge in [0.25, 0.3) is 0 Å². The standard InChI is InChI=1S/C6H2FN2.ClH.Mg/c7-5-2-1-3-9-6(5)4-8;;/h1-2H;1H;/q;;+1/p-1. The van der Waals surface area contributed by atoms with Gasteiger partial charge >= 0.3 is 69.9 Å². The van der Waals surface area contributed by atoms with Crippen molar-refractivity contribution in [3.05, 3.63) is 23.6 Å². The molecule has 0 amide bonds. The first-order valence-electron chi connectivity index (χ1n) is 2.62. The van der Waals surface area contributed by atoms with Crippen LogP contribution in [0.4, 0.5) is 4.39 Å². The molecule has 52 valence electrons. The molecule has 1 heterocycles. The molecule has 0 saturated carbocycles. The topological polar surface area (TPSA) is 36.7 Å². The van der Waals surface area contributed by atoms with Gasteiger partial charge in [-0.15, -0.1) is 0 Å². The molecule has 0 saturated heterocycles. The van der Waals surface area contributed by atoms with Crippen LogP contribution in [0, 0.1) is 17.1 Å². The van der Waals surface area contributed by atoms with E-state index < -0.39 is 5.82 Å². The molecule has 0 spiro atoms. The molecule has 0 N–H and O–H groups in total. The van der Waals surface area contributed by atoms with Gasteiger partial charge < -0.3 is 12.4 Å². The third-order valence-corrected chi connectivity index (χ3v) is 1.40. The molecular formula is C6H2ClFMgN2. The third kappa shape index (κ3) is 2.62. The molecule has 0 aliphatic carbocycles. The van der Waals surface area contributed by atoms with E-state index in [1.54, 1.807) is 6.07 Å². The second-order valence-corrected chi connectivity index (χ2v) is 2.47. The van der Waals surface area contributed by atoms with E-state index in [0.29, 0.717) is 3.82 Å².